The fraction of sp³-hybridized carbons (Fsp3) is 0.533. The quantitative estimate of drug-likeness (QED) is 0.484. The smallest absolute Gasteiger partial charge is 0.172 e. The van der Waals surface area contributed by atoms with E-state index in [1.54, 1.807) is 0 Å². The maximum atomic E-state index is 6.30. The maximum absolute atomic E-state index is 6.30. The lowest BCUT2D eigenvalue weighted by Crippen LogP contribution is -2.66. The highest BCUT2D eigenvalue weighted by molar-refractivity contribution is 5.69. The Morgan fingerprint density at radius 2 is 1.32 bits per heavy atom. The second-order valence-corrected chi connectivity index (χ2v) is 11.3. The largest absolute Gasteiger partial charge is 0.369 e. The van der Waals surface area contributed by atoms with E-state index in [1.165, 1.54) is 23.1 Å². The molecule has 4 rings (SSSR count). The third kappa shape index (κ3) is 6.79. The highest BCUT2D eigenvalue weighted by Crippen LogP contribution is 2.41. The molecule has 184 valence electrons. The van der Waals surface area contributed by atoms with E-state index in [0.717, 1.165) is 24.8 Å². The van der Waals surface area contributed by atoms with Crippen LogP contribution in [0, 0.1) is 0 Å². The van der Waals surface area contributed by atoms with E-state index in [0.29, 0.717) is 19.8 Å². The van der Waals surface area contributed by atoms with Gasteiger partial charge < -0.3 is 19.5 Å². The van der Waals surface area contributed by atoms with Crippen molar-refractivity contribution < 1.29 is 14.2 Å². The van der Waals surface area contributed by atoms with Crippen LogP contribution in [0.4, 0.5) is 0 Å². The van der Waals surface area contributed by atoms with E-state index >= 15 is 0 Å². The molecule has 1 N–H and O–H groups in total. The van der Waals surface area contributed by atoms with E-state index in [-0.39, 0.29) is 17.2 Å². The number of benzene rings is 2. The molecule has 2 aliphatic heterocycles. The molecule has 0 unspecified atom stereocenters. The molecule has 34 heavy (non-hydrogen) atoms. The van der Waals surface area contributed by atoms with Crippen molar-refractivity contribution in [3.05, 3.63) is 70.8 Å². The summed E-state index contributed by atoms with van der Waals surface area (Å²) in [5.74, 6) is -0.511. The molecule has 0 bridgehead atoms. The van der Waals surface area contributed by atoms with Crippen molar-refractivity contribution in [1.82, 2.24) is 5.32 Å². The molecule has 0 amide bonds. The molecule has 2 aromatic rings. The van der Waals surface area contributed by atoms with Crippen molar-refractivity contribution in [2.45, 2.75) is 89.9 Å². The lowest BCUT2D eigenvalue weighted by atomic mass is 9.78. The van der Waals surface area contributed by atoms with Gasteiger partial charge in [-0.3, -0.25) is 0 Å². The van der Waals surface area contributed by atoms with Crippen molar-refractivity contribution in [1.29, 1.82) is 0 Å². The van der Waals surface area contributed by atoms with Gasteiger partial charge in [0.2, 0.25) is 0 Å². The lowest BCUT2D eigenvalue weighted by Gasteiger charge is -2.53. The average molecular weight is 464 g/mol. The minimum absolute atomic E-state index is 0.0237. The Morgan fingerprint density at radius 3 is 1.82 bits per heavy atom. The van der Waals surface area contributed by atoms with Crippen LogP contribution >= 0.6 is 0 Å². The number of hydrogen-bond donors (Lipinski definition) is 1. The number of hydrogen-bond acceptors (Lipinski definition) is 4. The molecule has 0 saturated carbocycles. The van der Waals surface area contributed by atoms with Crippen LogP contribution in [0.1, 0.15) is 76.1 Å². The fourth-order valence-corrected chi connectivity index (χ4v) is 5.51. The molecule has 0 aliphatic carbocycles. The van der Waals surface area contributed by atoms with Gasteiger partial charge in [-0.25, -0.2) is 0 Å². The molecule has 0 radical (unpaired) electrons. The first-order valence-corrected chi connectivity index (χ1v) is 12.7. The summed E-state index contributed by atoms with van der Waals surface area (Å²) in [6, 6.07) is 17.4. The Balaban J connectivity index is 1.25. The van der Waals surface area contributed by atoms with Crippen molar-refractivity contribution in [2.24, 2.45) is 0 Å². The zero-order chi connectivity index (χ0) is 24.2. The highest BCUT2D eigenvalue weighted by Gasteiger charge is 2.50. The predicted octanol–water partition coefficient (Wildman–Crippen LogP) is 6.38. The SMILES string of the molecule is CCCc1ccc(/C=C/c2ccc(COC3COC4(CC(C)(C)NC(C)(C)C4)OC3)cc2)cc1. The molecule has 4 nitrogen and oxygen atoms in total. The molecule has 2 fully saturated rings. The Hall–Kier alpha value is -1.98. The van der Waals surface area contributed by atoms with Crippen LogP contribution in [0.15, 0.2) is 48.5 Å². The Kier molecular flexibility index (Phi) is 7.63. The van der Waals surface area contributed by atoms with Gasteiger partial charge in [-0.2, -0.15) is 0 Å². The van der Waals surface area contributed by atoms with Crippen LogP contribution in [0.2, 0.25) is 0 Å². The third-order valence-corrected chi connectivity index (χ3v) is 6.62. The first-order valence-electron chi connectivity index (χ1n) is 12.7. The van der Waals surface area contributed by atoms with Crippen molar-refractivity contribution >= 4 is 12.2 Å². The molecular weight excluding hydrogens is 422 g/mol. The van der Waals surface area contributed by atoms with Gasteiger partial charge in [0.1, 0.15) is 6.10 Å². The van der Waals surface area contributed by atoms with Gasteiger partial charge in [0.05, 0.1) is 19.8 Å². The van der Waals surface area contributed by atoms with Crippen LogP contribution in [0.25, 0.3) is 12.2 Å². The van der Waals surface area contributed by atoms with E-state index in [2.05, 4.69) is 101 Å². The van der Waals surface area contributed by atoms with E-state index in [1.807, 2.05) is 0 Å². The Bertz CT molecular complexity index is 934. The third-order valence-electron chi connectivity index (χ3n) is 6.62. The number of nitrogens with one attached hydrogen (secondary N) is 1. The predicted molar refractivity (Wildman–Crippen MR) is 140 cm³/mol. The molecular formula is C30H41NO3. The standard InChI is InChI=1S/C30H41NO3/c1-6-7-23-8-10-24(11-9-23)12-13-25-14-16-26(17-15-25)18-32-27-19-33-30(34-20-27)21-28(2,3)31-29(4,5)22-30/h8-17,27,31H,6-7,18-22H2,1-5H3/b13-12+. The lowest BCUT2D eigenvalue weighted by molar-refractivity contribution is -0.323. The Labute approximate surface area is 205 Å². The van der Waals surface area contributed by atoms with E-state index < -0.39 is 5.79 Å². The summed E-state index contributed by atoms with van der Waals surface area (Å²) in [5, 5.41) is 3.69. The van der Waals surface area contributed by atoms with Crippen LogP contribution in [0.3, 0.4) is 0 Å². The monoisotopic (exact) mass is 463 g/mol. The summed E-state index contributed by atoms with van der Waals surface area (Å²) < 4.78 is 18.7. The number of piperidine rings is 1. The van der Waals surface area contributed by atoms with Gasteiger partial charge in [0.15, 0.2) is 5.79 Å². The topological polar surface area (TPSA) is 39.7 Å². The summed E-state index contributed by atoms with van der Waals surface area (Å²) in [7, 11) is 0. The second kappa shape index (κ2) is 10.3. The van der Waals surface area contributed by atoms with Crippen molar-refractivity contribution in [3.63, 3.8) is 0 Å². The normalized spacial score (nSPS) is 21.8. The first kappa shape index (κ1) is 25.1. The summed E-state index contributed by atoms with van der Waals surface area (Å²) >= 11 is 0. The van der Waals surface area contributed by atoms with Gasteiger partial charge in [0, 0.05) is 23.9 Å². The first-order chi connectivity index (χ1) is 16.2. The molecule has 0 atom stereocenters. The molecule has 4 heteroatoms. The van der Waals surface area contributed by atoms with Crippen LogP contribution < -0.4 is 5.32 Å². The summed E-state index contributed by atoms with van der Waals surface area (Å²) in [6.07, 6.45) is 8.29. The Morgan fingerprint density at radius 1 is 0.824 bits per heavy atom. The zero-order valence-electron chi connectivity index (χ0n) is 21.5. The number of aryl methyl sites for hydroxylation is 1. The molecule has 2 saturated heterocycles. The van der Waals surface area contributed by atoms with E-state index in [4.69, 9.17) is 14.2 Å². The van der Waals surface area contributed by atoms with Gasteiger partial charge >= 0.3 is 0 Å². The van der Waals surface area contributed by atoms with Crippen molar-refractivity contribution in [2.75, 3.05) is 13.2 Å². The van der Waals surface area contributed by atoms with Gasteiger partial charge in [-0.15, -0.1) is 0 Å². The fourth-order valence-electron chi connectivity index (χ4n) is 5.51. The van der Waals surface area contributed by atoms with Crippen LogP contribution in [-0.4, -0.2) is 36.2 Å². The minimum atomic E-state index is -0.511. The average Bonchev–Trinajstić information content (AvgIpc) is 2.77. The number of ether oxygens (including phenoxy) is 3. The van der Waals surface area contributed by atoms with Gasteiger partial charge in [-0.05, 0) is 56.4 Å². The molecule has 0 aromatic heterocycles. The zero-order valence-corrected chi connectivity index (χ0v) is 21.5. The van der Waals surface area contributed by atoms with Crippen molar-refractivity contribution in [3.8, 4) is 0 Å². The summed E-state index contributed by atoms with van der Waals surface area (Å²) in [4.78, 5) is 0. The molecule has 2 aromatic carbocycles. The van der Waals surface area contributed by atoms with Crippen LogP contribution in [-0.2, 0) is 27.2 Å². The summed E-state index contributed by atoms with van der Waals surface area (Å²) in [6.45, 7) is 12.8. The molecule has 2 aliphatic rings. The number of rotatable bonds is 7. The summed E-state index contributed by atoms with van der Waals surface area (Å²) in [5.41, 5.74) is 4.92. The second-order valence-electron chi connectivity index (χ2n) is 11.3. The van der Waals surface area contributed by atoms with E-state index in [9.17, 15) is 0 Å². The minimum Gasteiger partial charge on any atom is -0.369 e. The van der Waals surface area contributed by atoms with Gasteiger partial charge in [0.25, 0.3) is 0 Å². The highest BCUT2D eigenvalue weighted by atomic mass is 16.7. The molecule has 1 spiro atoms. The van der Waals surface area contributed by atoms with Crippen LogP contribution in [0.5, 0.6) is 0 Å². The molecule has 2 heterocycles. The maximum Gasteiger partial charge on any atom is 0.172 e. The van der Waals surface area contributed by atoms with Gasteiger partial charge in [-0.1, -0.05) is 74.0 Å².